The van der Waals surface area contributed by atoms with Crippen LogP contribution in [0.2, 0.25) is 5.02 Å². The van der Waals surface area contributed by atoms with E-state index in [2.05, 4.69) is 10.6 Å². The van der Waals surface area contributed by atoms with Crippen LogP contribution in [0.25, 0.3) is 0 Å². The third-order valence-corrected chi connectivity index (χ3v) is 3.77. The number of carbonyl (C=O) groups excluding carboxylic acids is 1. The van der Waals surface area contributed by atoms with Gasteiger partial charge in [0, 0.05) is 6.04 Å². The van der Waals surface area contributed by atoms with Crippen molar-refractivity contribution in [3.8, 4) is 5.75 Å². The van der Waals surface area contributed by atoms with Gasteiger partial charge in [-0.3, -0.25) is 0 Å². The third kappa shape index (κ3) is 5.42. The van der Waals surface area contributed by atoms with Crippen molar-refractivity contribution >= 4 is 17.6 Å². The van der Waals surface area contributed by atoms with E-state index < -0.39 is 5.82 Å². The minimum atomic E-state index is -0.405. The largest absolute Gasteiger partial charge is 0.490 e. The quantitative estimate of drug-likeness (QED) is 0.817. The normalized spacial score (nSPS) is 15.5. The number of halogens is 2. The maximum absolute atomic E-state index is 12.9. The van der Waals surface area contributed by atoms with Crippen LogP contribution in [-0.2, 0) is 0 Å². The summed E-state index contributed by atoms with van der Waals surface area (Å²) in [5.74, 6) is 0.00453. The van der Waals surface area contributed by atoms with Gasteiger partial charge in [-0.2, -0.15) is 0 Å². The van der Waals surface area contributed by atoms with Gasteiger partial charge in [0.15, 0.2) is 0 Å². The van der Waals surface area contributed by atoms with Crippen LogP contribution in [0.4, 0.5) is 9.18 Å². The maximum Gasteiger partial charge on any atom is 0.315 e. The van der Waals surface area contributed by atoms with Crippen molar-refractivity contribution in [1.82, 2.24) is 10.6 Å². The number of nitrogens with one attached hydrogen (secondary N) is 2. The second-order valence-corrected chi connectivity index (χ2v) is 5.57. The summed E-state index contributed by atoms with van der Waals surface area (Å²) in [5, 5.41) is 5.92. The van der Waals surface area contributed by atoms with Crippen molar-refractivity contribution in [2.45, 2.75) is 38.1 Å². The van der Waals surface area contributed by atoms with E-state index in [1.165, 1.54) is 37.5 Å². The van der Waals surface area contributed by atoms with E-state index in [1.54, 1.807) is 0 Å². The second-order valence-electron chi connectivity index (χ2n) is 5.16. The monoisotopic (exact) mass is 314 g/mol. The summed E-state index contributed by atoms with van der Waals surface area (Å²) >= 11 is 5.84. The third-order valence-electron chi connectivity index (χ3n) is 3.48. The first kappa shape index (κ1) is 15.9. The molecule has 6 heteroatoms. The molecule has 0 unspecified atom stereocenters. The minimum absolute atomic E-state index is 0.171. The van der Waals surface area contributed by atoms with E-state index in [9.17, 15) is 9.18 Å². The lowest BCUT2D eigenvalue weighted by Crippen LogP contribution is -2.44. The molecular weight excluding hydrogens is 295 g/mol. The van der Waals surface area contributed by atoms with E-state index in [0.29, 0.717) is 12.3 Å². The SMILES string of the molecule is O=C(NCCOc1ccc(F)cc1Cl)NC1CCCCC1. The molecule has 1 aliphatic carbocycles. The van der Waals surface area contributed by atoms with Crippen molar-refractivity contribution in [2.75, 3.05) is 13.2 Å². The van der Waals surface area contributed by atoms with Crippen LogP contribution in [0, 0.1) is 5.82 Å². The van der Waals surface area contributed by atoms with Gasteiger partial charge < -0.3 is 15.4 Å². The lowest BCUT2D eigenvalue weighted by Gasteiger charge is -2.22. The number of hydrogen-bond donors (Lipinski definition) is 2. The zero-order valence-corrected chi connectivity index (χ0v) is 12.6. The molecule has 1 saturated carbocycles. The standard InChI is InChI=1S/C15H20ClFN2O2/c16-13-10-11(17)6-7-14(13)21-9-8-18-15(20)19-12-4-2-1-3-5-12/h6-7,10,12H,1-5,8-9H2,(H2,18,19,20). The zero-order chi connectivity index (χ0) is 15.1. The average molecular weight is 315 g/mol. The predicted molar refractivity (Wildman–Crippen MR) is 80.3 cm³/mol. The van der Waals surface area contributed by atoms with E-state index >= 15 is 0 Å². The smallest absolute Gasteiger partial charge is 0.315 e. The number of rotatable bonds is 5. The highest BCUT2D eigenvalue weighted by Crippen LogP contribution is 2.24. The molecule has 1 aromatic carbocycles. The van der Waals surface area contributed by atoms with Crippen LogP contribution in [0.1, 0.15) is 32.1 Å². The highest BCUT2D eigenvalue weighted by atomic mass is 35.5. The van der Waals surface area contributed by atoms with Gasteiger partial charge in [-0.25, -0.2) is 9.18 Å². The Morgan fingerprint density at radius 3 is 2.81 bits per heavy atom. The minimum Gasteiger partial charge on any atom is -0.490 e. The maximum atomic E-state index is 12.9. The molecule has 2 rings (SSSR count). The van der Waals surface area contributed by atoms with Gasteiger partial charge >= 0.3 is 6.03 Å². The van der Waals surface area contributed by atoms with Gasteiger partial charge in [-0.15, -0.1) is 0 Å². The highest BCUT2D eigenvalue weighted by Gasteiger charge is 2.15. The van der Waals surface area contributed by atoms with Gasteiger partial charge in [0.05, 0.1) is 11.6 Å². The molecular formula is C15H20ClFN2O2. The molecule has 2 N–H and O–H groups in total. The van der Waals surface area contributed by atoms with Crippen molar-refractivity contribution in [3.63, 3.8) is 0 Å². The second kappa shape index (κ2) is 8.08. The summed E-state index contributed by atoms with van der Waals surface area (Å²) in [5.41, 5.74) is 0. The molecule has 0 atom stereocenters. The molecule has 1 fully saturated rings. The molecule has 0 aliphatic heterocycles. The van der Waals surface area contributed by atoms with Gasteiger partial charge in [0.1, 0.15) is 18.2 Å². The lowest BCUT2D eigenvalue weighted by molar-refractivity contribution is 0.228. The first-order valence-electron chi connectivity index (χ1n) is 7.27. The topological polar surface area (TPSA) is 50.4 Å². The Bertz CT molecular complexity index is 479. The van der Waals surface area contributed by atoms with Crippen LogP contribution in [-0.4, -0.2) is 25.2 Å². The van der Waals surface area contributed by atoms with Crippen LogP contribution < -0.4 is 15.4 Å². The van der Waals surface area contributed by atoms with Crippen molar-refractivity contribution < 1.29 is 13.9 Å². The van der Waals surface area contributed by atoms with Gasteiger partial charge in [0.25, 0.3) is 0 Å². The van der Waals surface area contributed by atoms with Crippen LogP contribution >= 0.6 is 11.6 Å². The first-order chi connectivity index (χ1) is 10.1. The molecule has 0 saturated heterocycles. The molecule has 0 bridgehead atoms. The number of ether oxygens (including phenoxy) is 1. The van der Waals surface area contributed by atoms with Crippen LogP contribution in [0.3, 0.4) is 0 Å². The fourth-order valence-electron chi connectivity index (χ4n) is 2.40. The van der Waals surface area contributed by atoms with Crippen molar-refractivity contribution in [3.05, 3.63) is 29.0 Å². The molecule has 0 aromatic heterocycles. The number of benzene rings is 1. The van der Waals surface area contributed by atoms with Crippen molar-refractivity contribution in [1.29, 1.82) is 0 Å². The highest BCUT2D eigenvalue weighted by molar-refractivity contribution is 6.32. The summed E-state index contributed by atoms with van der Waals surface area (Å²) in [6.07, 6.45) is 5.71. The first-order valence-corrected chi connectivity index (χ1v) is 7.65. The number of urea groups is 1. The molecule has 4 nitrogen and oxygen atoms in total. The Kier molecular flexibility index (Phi) is 6.11. The number of hydrogen-bond acceptors (Lipinski definition) is 2. The Morgan fingerprint density at radius 1 is 1.33 bits per heavy atom. The molecule has 1 aliphatic rings. The van der Waals surface area contributed by atoms with E-state index in [4.69, 9.17) is 16.3 Å². The average Bonchev–Trinajstić information content (AvgIpc) is 2.46. The van der Waals surface area contributed by atoms with Crippen LogP contribution in [0.15, 0.2) is 18.2 Å². The van der Waals surface area contributed by atoms with E-state index in [1.807, 2.05) is 0 Å². The fraction of sp³-hybridized carbons (Fsp3) is 0.533. The Morgan fingerprint density at radius 2 is 2.10 bits per heavy atom. The summed E-state index contributed by atoms with van der Waals surface area (Å²) in [7, 11) is 0. The van der Waals surface area contributed by atoms with E-state index in [0.717, 1.165) is 12.8 Å². The Balaban J connectivity index is 1.63. The zero-order valence-electron chi connectivity index (χ0n) is 11.8. The molecule has 116 valence electrons. The van der Waals surface area contributed by atoms with Crippen molar-refractivity contribution in [2.24, 2.45) is 0 Å². The fourth-order valence-corrected chi connectivity index (χ4v) is 2.62. The Labute approximate surface area is 129 Å². The molecule has 0 radical (unpaired) electrons. The number of amides is 2. The molecule has 0 spiro atoms. The lowest BCUT2D eigenvalue weighted by atomic mass is 9.96. The predicted octanol–water partition coefficient (Wildman–Crippen LogP) is 3.49. The molecule has 2 amide bonds. The van der Waals surface area contributed by atoms with E-state index in [-0.39, 0.29) is 23.7 Å². The van der Waals surface area contributed by atoms with Crippen LogP contribution in [0.5, 0.6) is 5.75 Å². The summed E-state index contributed by atoms with van der Waals surface area (Å²) in [4.78, 5) is 11.7. The van der Waals surface area contributed by atoms with Gasteiger partial charge in [-0.1, -0.05) is 30.9 Å². The molecule has 0 heterocycles. The Hall–Kier alpha value is -1.49. The number of carbonyl (C=O) groups is 1. The summed E-state index contributed by atoms with van der Waals surface area (Å²) in [6.45, 7) is 0.649. The summed E-state index contributed by atoms with van der Waals surface area (Å²) < 4.78 is 18.3. The molecule has 1 aromatic rings. The summed E-state index contributed by atoms with van der Waals surface area (Å²) in [6, 6.07) is 4.06. The van der Waals surface area contributed by atoms with Gasteiger partial charge in [-0.05, 0) is 31.0 Å². The van der Waals surface area contributed by atoms with Gasteiger partial charge in [0.2, 0.25) is 0 Å². The molecule has 21 heavy (non-hydrogen) atoms.